The fraction of sp³-hybridized carbons (Fsp3) is 0.400. The number of hydrogen-bond donors (Lipinski definition) is 1. The summed E-state index contributed by atoms with van der Waals surface area (Å²) in [7, 11) is 0. The van der Waals surface area contributed by atoms with Gasteiger partial charge in [0.1, 0.15) is 0 Å². The van der Waals surface area contributed by atoms with Crippen LogP contribution in [-0.2, 0) is 0 Å². The Bertz CT molecular complexity index is 462. The summed E-state index contributed by atoms with van der Waals surface area (Å²) in [6.07, 6.45) is 11.9. The van der Waals surface area contributed by atoms with Gasteiger partial charge in [-0.3, -0.25) is 4.98 Å². The van der Waals surface area contributed by atoms with Gasteiger partial charge in [-0.2, -0.15) is 0 Å². The van der Waals surface area contributed by atoms with Crippen molar-refractivity contribution in [3.63, 3.8) is 0 Å². The van der Waals surface area contributed by atoms with E-state index >= 15 is 0 Å². The van der Waals surface area contributed by atoms with Crippen molar-refractivity contribution in [2.45, 2.75) is 25.3 Å². The van der Waals surface area contributed by atoms with Crippen LogP contribution < -0.4 is 5.32 Å². The molecule has 1 saturated heterocycles. The fourth-order valence-corrected chi connectivity index (χ4v) is 3.04. The maximum atomic E-state index is 4.30. The highest BCUT2D eigenvalue weighted by Crippen LogP contribution is 2.35. The molecule has 17 heavy (non-hydrogen) atoms. The van der Waals surface area contributed by atoms with Gasteiger partial charge < -0.3 is 5.32 Å². The third-order valence-electron chi connectivity index (χ3n) is 3.92. The molecule has 0 bridgehead atoms. The number of hydrogen-bond acceptors (Lipinski definition) is 2. The number of fused-ring (bicyclic) bond motifs is 1. The number of pyridine rings is 1. The predicted molar refractivity (Wildman–Crippen MR) is 71.4 cm³/mol. The minimum absolute atomic E-state index is 0.547. The van der Waals surface area contributed by atoms with Crippen molar-refractivity contribution in [3.05, 3.63) is 42.2 Å². The first kappa shape index (κ1) is 10.7. The zero-order valence-corrected chi connectivity index (χ0v) is 10.0. The van der Waals surface area contributed by atoms with E-state index in [0.29, 0.717) is 6.04 Å². The van der Waals surface area contributed by atoms with Crippen molar-refractivity contribution >= 4 is 11.6 Å². The summed E-state index contributed by atoms with van der Waals surface area (Å²) in [5.41, 5.74) is 3.80. The molecule has 0 aromatic carbocycles. The van der Waals surface area contributed by atoms with E-state index in [1.165, 1.54) is 30.4 Å². The second-order valence-electron chi connectivity index (χ2n) is 4.93. The Kier molecular flexibility index (Phi) is 2.81. The second kappa shape index (κ2) is 4.46. The second-order valence-corrected chi connectivity index (χ2v) is 4.93. The molecule has 1 aliphatic carbocycles. The van der Waals surface area contributed by atoms with Gasteiger partial charge in [0, 0.05) is 18.4 Å². The zero-order valence-electron chi connectivity index (χ0n) is 10.0. The SMILES string of the molecule is C=Cc1cncc(C2=CCC[C@H]3CCN[C@@H]23)c1. The molecule has 0 radical (unpaired) electrons. The first-order chi connectivity index (χ1) is 8.38. The molecule has 2 atom stereocenters. The molecule has 2 nitrogen and oxygen atoms in total. The number of allylic oxidation sites excluding steroid dienone is 1. The zero-order chi connectivity index (χ0) is 11.7. The molecular weight excluding hydrogens is 208 g/mol. The third-order valence-corrected chi connectivity index (χ3v) is 3.92. The summed E-state index contributed by atoms with van der Waals surface area (Å²) in [6.45, 7) is 4.96. The van der Waals surface area contributed by atoms with E-state index in [4.69, 9.17) is 0 Å². The topological polar surface area (TPSA) is 24.9 Å². The summed E-state index contributed by atoms with van der Waals surface area (Å²) >= 11 is 0. The van der Waals surface area contributed by atoms with Crippen molar-refractivity contribution in [2.24, 2.45) is 5.92 Å². The van der Waals surface area contributed by atoms with Gasteiger partial charge in [0.2, 0.25) is 0 Å². The molecule has 1 aliphatic heterocycles. The van der Waals surface area contributed by atoms with Crippen LogP contribution in [-0.4, -0.2) is 17.6 Å². The lowest BCUT2D eigenvalue weighted by atomic mass is 9.82. The van der Waals surface area contributed by atoms with Crippen LogP contribution in [0, 0.1) is 5.92 Å². The molecule has 0 saturated carbocycles. The fourth-order valence-electron chi connectivity index (χ4n) is 3.04. The highest BCUT2D eigenvalue weighted by Gasteiger charge is 2.32. The van der Waals surface area contributed by atoms with Crippen molar-refractivity contribution in [1.29, 1.82) is 0 Å². The minimum Gasteiger partial charge on any atom is -0.310 e. The van der Waals surface area contributed by atoms with E-state index in [9.17, 15) is 0 Å². The Morgan fingerprint density at radius 1 is 1.35 bits per heavy atom. The summed E-state index contributed by atoms with van der Waals surface area (Å²) in [4.78, 5) is 4.30. The van der Waals surface area contributed by atoms with Crippen LogP contribution in [0.5, 0.6) is 0 Å². The van der Waals surface area contributed by atoms with Crippen LogP contribution in [0.25, 0.3) is 11.6 Å². The number of rotatable bonds is 2. The quantitative estimate of drug-likeness (QED) is 0.838. The van der Waals surface area contributed by atoms with Crippen molar-refractivity contribution in [3.8, 4) is 0 Å². The van der Waals surface area contributed by atoms with Gasteiger partial charge in [-0.25, -0.2) is 0 Å². The monoisotopic (exact) mass is 226 g/mol. The summed E-state index contributed by atoms with van der Waals surface area (Å²) in [6, 6.07) is 2.74. The summed E-state index contributed by atoms with van der Waals surface area (Å²) in [5.74, 6) is 0.822. The molecule has 3 rings (SSSR count). The van der Waals surface area contributed by atoms with Crippen LogP contribution in [0.1, 0.15) is 30.4 Å². The van der Waals surface area contributed by atoms with Crippen molar-refractivity contribution in [2.75, 3.05) is 6.54 Å². The van der Waals surface area contributed by atoms with Gasteiger partial charge in [-0.1, -0.05) is 18.7 Å². The van der Waals surface area contributed by atoms with Gasteiger partial charge in [0.05, 0.1) is 0 Å². The standard InChI is InChI=1S/C15H18N2/c1-2-11-8-13(10-16-9-11)14-5-3-4-12-6-7-17-15(12)14/h2,5,8-10,12,15,17H,1,3-4,6-7H2/t12-,15+/m0/s1. The minimum atomic E-state index is 0.547. The lowest BCUT2D eigenvalue weighted by Gasteiger charge is -2.27. The Morgan fingerprint density at radius 2 is 2.29 bits per heavy atom. The molecule has 1 N–H and O–H groups in total. The van der Waals surface area contributed by atoms with E-state index in [-0.39, 0.29) is 0 Å². The maximum Gasteiger partial charge on any atom is 0.0352 e. The average molecular weight is 226 g/mol. The lowest BCUT2D eigenvalue weighted by molar-refractivity contribution is 0.470. The molecule has 1 fully saturated rings. The molecule has 88 valence electrons. The molecule has 0 amide bonds. The molecular formula is C15H18N2. The number of nitrogens with zero attached hydrogens (tertiary/aromatic N) is 1. The molecule has 1 aromatic rings. The van der Waals surface area contributed by atoms with Crippen LogP contribution in [0.15, 0.2) is 31.1 Å². The van der Waals surface area contributed by atoms with E-state index in [1.54, 1.807) is 0 Å². The van der Waals surface area contributed by atoms with E-state index in [0.717, 1.165) is 18.0 Å². The van der Waals surface area contributed by atoms with E-state index < -0.39 is 0 Å². The van der Waals surface area contributed by atoms with Crippen LogP contribution in [0.3, 0.4) is 0 Å². The van der Waals surface area contributed by atoms with Gasteiger partial charge in [0.15, 0.2) is 0 Å². The van der Waals surface area contributed by atoms with Gasteiger partial charge in [-0.05, 0) is 54.5 Å². The molecule has 0 unspecified atom stereocenters. The summed E-state index contributed by atoms with van der Waals surface area (Å²) in [5, 5.41) is 3.62. The van der Waals surface area contributed by atoms with Gasteiger partial charge >= 0.3 is 0 Å². The predicted octanol–water partition coefficient (Wildman–Crippen LogP) is 2.88. The first-order valence-corrected chi connectivity index (χ1v) is 6.40. The highest BCUT2D eigenvalue weighted by atomic mass is 15.0. The van der Waals surface area contributed by atoms with Crippen molar-refractivity contribution in [1.82, 2.24) is 10.3 Å². The van der Waals surface area contributed by atoms with Crippen molar-refractivity contribution < 1.29 is 0 Å². The average Bonchev–Trinajstić information content (AvgIpc) is 2.87. The Labute approximate surface area is 102 Å². The van der Waals surface area contributed by atoms with Crippen LogP contribution >= 0.6 is 0 Å². The largest absolute Gasteiger partial charge is 0.310 e. The Hall–Kier alpha value is -1.41. The lowest BCUT2D eigenvalue weighted by Crippen LogP contribution is -2.30. The Morgan fingerprint density at radius 3 is 3.18 bits per heavy atom. The van der Waals surface area contributed by atoms with Crippen LogP contribution in [0.2, 0.25) is 0 Å². The molecule has 0 spiro atoms. The van der Waals surface area contributed by atoms with Gasteiger partial charge in [0.25, 0.3) is 0 Å². The molecule has 1 aromatic heterocycles. The molecule has 2 heteroatoms. The van der Waals surface area contributed by atoms with Gasteiger partial charge in [-0.15, -0.1) is 0 Å². The highest BCUT2D eigenvalue weighted by molar-refractivity contribution is 5.72. The number of nitrogens with one attached hydrogen (secondary N) is 1. The molecule has 2 aliphatic rings. The third kappa shape index (κ3) is 1.93. The number of aromatic nitrogens is 1. The van der Waals surface area contributed by atoms with E-state index in [1.807, 2.05) is 18.5 Å². The summed E-state index contributed by atoms with van der Waals surface area (Å²) < 4.78 is 0. The maximum absolute atomic E-state index is 4.30. The first-order valence-electron chi connectivity index (χ1n) is 6.40. The Balaban J connectivity index is 1.96. The van der Waals surface area contributed by atoms with Crippen LogP contribution in [0.4, 0.5) is 0 Å². The normalized spacial score (nSPS) is 27.4. The smallest absolute Gasteiger partial charge is 0.0352 e. The van der Waals surface area contributed by atoms with E-state index in [2.05, 4.69) is 29.0 Å². The molecule has 2 heterocycles.